The molecule has 1 aliphatic heterocycles. The van der Waals surface area contributed by atoms with E-state index < -0.39 is 5.60 Å². The van der Waals surface area contributed by atoms with Gasteiger partial charge in [-0.05, 0) is 24.2 Å². The first-order chi connectivity index (χ1) is 9.14. The molecule has 104 valence electrons. The smallest absolute Gasteiger partial charge is 0.254 e. The van der Waals surface area contributed by atoms with Gasteiger partial charge in [0.2, 0.25) is 5.69 Å². The third kappa shape index (κ3) is 1.28. The van der Waals surface area contributed by atoms with Crippen LogP contribution in [0.25, 0.3) is 0 Å². The highest BCUT2D eigenvalue weighted by Gasteiger charge is 2.65. The number of hydrogen-bond donors (Lipinski definition) is 2. The molecular weight excluding hydrogens is 250 g/mol. The van der Waals surface area contributed by atoms with Gasteiger partial charge in [0.05, 0.1) is 6.04 Å². The van der Waals surface area contributed by atoms with Crippen LogP contribution in [0, 0.1) is 11.1 Å². The van der Waals surface area contributed by atoms with Crippen LogP contribution >= 0.6 is 0 Å². The van der Waals surface area contributed by atoms with E-state index in [-0.39, 0.29) is 18.0 Å². The van der Waals surface area contributed by atoms with E-state index in [1.165, 1.54) is 5.06 Å². The van der Waals surface area contributed by atoms with Crippen molar-refractivity contribution in [1.82, 2.24) is 10.2 Å². The maximum atomic E-state index is 11.5. The number of hydroxylamine groups is 2. The van der Waals surface area contributed by atoms with Crippen LogP contribution in [-0.2, 0) is 12.0 Å². The van der Waals surface area contributed by atoms with Gasteiger partial charge in [-0.2, -0.15) is 5.06 Å². The monoisotopic (exact) mass is 267 g/mol. The highest BCUT2D eigenvalue weighted by Crippen LogP contribution is 2.53. The Kier molecular flexibility index (Phi) is 2.25. The molecular formula is C12H17N3O4. The van der Waals surface area contributed by atoms with E-state index >= 15 is 0 Å². The number of hydrogen-bond acceptors (Lipinski definition) is 6. The number of fused-ring (bicyclic) bond motifs is 5. The van der Waals surface area contributed by atoms with Crippen LogP contribution in [0.1, 0.15) is 43.5 Å². The molecule has 4 atom stereocenters. The lowest BCUT2D eigenvalue weighted by Gasteiger charge is -2.35. The van der Waals surface area contributed by atoms with Crippen LogP contribution in [0.5, 0.6) is 0 Å². The first-order valence-electron chi connectivity index (χ1n) is 6.92. The van der Waals surface area contributed by atoms with Gasteiger partial charge in [0.25, 0.3) is 5.69 Å². The van der Waals surface area contributed by atoms with Gasteiger partial charge in [-0.3, -0.25) is 4.63 Å². The van der Waals surface area contributed by atoms with Crippen molar-refractivity contribution in [2.24, 2.45) is 5.92 Å². The van der Waals surface area contributed by atoms with E-state index in [1.54, 1.807) is 0 Å². The average Bonchev–Trinajstić information content (AvgIpc) is 2.90. The van der Waals surface area contributed by atoms with Gasteiger partial charge in [-0.1, -0.05) is 12.8 Å². The topological polar surface area (TPSA) is 96.7 Å². The van der Waals surface area contributed by atoms with Crippen LogP contribution in [0.3, 0.4) is 0 Å². The maximum absolute atomic E-state index is 11.5. The lowest BCUT2D eigenvalue weighted by molar-refractivity contribution is -0.808. The first kappa shape index (κ1) is 11.6. The second-order valence-corrected chi connectivity index (χ2v) is 5.94. The highest BCUT2D eigenvalue weighted by atomic mass is 16.8. The van der Waals surface area contributed by atoms with Gasteiger partial charge in [0.15, 0.2) is 5.60 Å². The van der Waals surface area contributed by atoms with Crippen molar-refractivity contribution in [2.45, 2.75) is 56.2 Å². The van der Waals surface area contributed by atoms with Gasteiger partial charge in [-0.25, -0.2) is 0 Å². The Bertz CT molecular complexity index is 519. The van der Waals surface area contributed by atoms with Crippen molar-refractivity contribution in [3.8, 4) is 0 Å². The van der Waals surface area contributed by atoms with Crippen LogP contribution in [0.4, 0.5) is 0 Å². The molecule has 1 saturated carbocycles. The Morgan fingerprint density at radius 1 is 1.37 bits per heavy atom. The van der Waals surface area contributed by atoms with E-state index in [2.05, 4.69) is 9.79 Å². The molecule has 0 unspecified atom stereocenters. The molecule has 3 aliphatic rings. The van der Waals surface area contributed by atoms with Gasteiger partial charge >= 0.3 is 0 Å². The van der Waals surface area contributed by atoms with Crippen molar-refractivity contribution in [3.63, 3.8) is 0 Å². The molecule has 2 N–H and O–H groups in total. The molecule has 7 heteroatoms. The molecule has 7 nitrogen and oxygen atoms in total. The second-order valence-electron chi connectivity index (χ2n) is 5.94. The van der Waals surface area contributed by atoms with Gasteiger partial charge in [0, 0.05) is 23.5 Å². The van der Waals surface area contributed by atoms with E-state index in [0.29, 0.717) is 29.1 Å². The quantitative estimate of drug-likeness (QED) is 0.646. The fourth-order valence-electron chi connectivity index (χ4n) is 4.36. The third-order valence-corrected chi connectivity index (χ3v) is 5.20. The van der Waals surface area contributed by atoms with Crippen molar-refractivity contribution in [3.05, 3.63) is 16.6 Å². The van der Waals surface area contributed by atoms with E-state index in [1.807, 2.05) is 0 Å². The first-order valence-corrected chi connectivity index (χ1v) is 6.92. The Morgan fingerprint density at radius 3 is 3.00 bits per heavy atom. The van der Waals surface area contributed by atoms with Crippen molar-refractivity contribution in [2.75, 3.05) is 0 Å². The Labute approximate surface area is 109 Å². The molecule has 1 saturated heterocycles. The highest BCUT2D eigenvalue weighted by molar-refractivity contribution is 5.27. The fraction of sp³-hybridized carbons (Fsp3) is 0.833. The minimum Gasteiger partial charge on any atom is -0.379 e. The van der Waals surface area contributed by atoms with Crippen LogP contribution < -0.4 is 4.90 Å². The molecule has 4 rings (SSSR count). The molecule has 0 spiro atoms. The van der Waals surface area contributed by atoms with Crippen LogP contribution in [-0.4, -0.2) is 32.6 Å². The van der Waals surface area contributed by atoms with E-state index in [9.17, 15) is 15.5 Å². The summed E-state index contributed by atoms with van der Waals surface area (Å²) in [6.45, 7) is 0. The molecule has 0 bridgehead atoms. The lowest BCUT2D eigenvalue weighted by atomic mass is 9.70. The van der Waals surface area contributed by atoms with Crippen molar-refractivity contribution < 1.29 is 19.8 Å². The summed E-state index contributed by atoms with van der Waals surface area (Å²) in [7, 11) is 0. The second kappa shape index (κ2) is 3.68. The minimum atomic E-state index is -1.24. The summed E-state index contributed by atoms with van der Waals surface area (Å²) >= 11 is 0. The number of rotatable bonds is 0. The summed E-state index contributed by atoms with van der Waals surface area (Å²) in [6, 6.07) is -0.412. The standard InChI is InChI=1S/C12H17N3O4/c16-12-7-3-1-2-4-8(7)14(17)10(12)6-5-9-11(12)13-19-15(9)18/h7-8,10,16-17H,1-6H2/t7-,8-,10+,12+/m1/s1. The Hall–Kier alpha value is -1.18. The van der Waals surface area contributed by atoms with Crippen LogP contribution in [0.15, 0.2) is 4.63 Å². The molecule has 2 aliphatic carbocycles. The Morgan fingerprint density at radius 2 is 2.16 bits per heavy atom. The number of aromatic nitrogens is 2. The molecule has 1 aromatic heterocycles. The fourth-order valence-corrected chi connectivity index (χ4v) is 4.36. The molecule has 1 aromatic rings. The van der Waals surface area contributed by atoms with Gasteiger partial charge < -0.3 is 15.5 Å². The summed E-state index contributed by atoms with van der Waals surface area (Å²) in [6.07, 6.45) is 4.86. The summed E-state index contributed by atoms with van der Waals surface area (Å²) in [5.74, 6) is -0.0691. The zero-order valence-corrected chi connectivity index (χ0v) is 10.5. The summed E-state index contributed by atoms with van der Waals surface area (Å²) in [5.41, 5.74) is -0.488. The minimum absolute atomic E-state index is 0.0356. The number of aliphatic hydroxyl groups is 1. The molecule has 0 radical (unpaired) electrons. The van der Waals surface area contributed by atoms with Crippen molar-refractivity contribution in [1.29, 1.82) is 0 Å². The van der Waals surface area contributed by atoms with Crippen molar-refractivity contribution >= 4 is 0 Å². The summed E-state index contributed by atoms with van der Waals surface area (Å²) in [5, 5.41) is 38.1. The van der Waals surface area contributed by atoms with Crippen LogP contribution in [0.2, 0.25) is 0 Å². The molecule has 2 fully saturated rings. The zero-order valence-electron chi connectivity index (χ0n) is 10.5. The predicted molar refractivity (Wildman–Crippen MR) is 60.8 cm³/mol. The summed E-state index contributed by atoms with van der Waals surface area (Å²) < 4.78 is 4.66. The Balaban J connectivity index is 1.86. The number of nitrogens with zero attached hydrogens (tertiary/aromatic N) is 3. The maximum Gasteiger partial charge on any atom is 0.254 e. The zero-order chi connectivity index (χ0) is 13.2. The average molecular weight is 267 g/mol. The third-order valence-electron chi connectivity index (χ3n) is 5.20. The predicted octanol–water partition coefficient (Wildman–Crippen LogP) is 0.0740. The normalized spacial score (nSPS) is 41.7. The SMILES string of the molecule is [O-][n+]1onc2c1CC[C@@H]1N(O)[C@@H]3CCCC[C@H]3[C@@]21O. The molecule has 0 aromatic carbocycles. The lowest BCUT2D eigenvalue weighted by Crippen LogP contribution is -2.49. The van der Waals surface area contributed by atoms with E-state index in [0.717, 1.165) is 25.7 Å². The summed E-state index contributed by atoms with van der Waals surface area (Å²) in [4.78, 5) is 0.390. The molecule has 0 amide bonds. The van der Waals surface area contributed by atoms with Gasteiger partial charge in [-0.15, -0.1) is 0 Å². The molecule has 2 heterocycles. The van der Waals surface area contributed by atoms with Gasteiger partial charge in [0.1, 0.15) is 0 Å². The largest absolute Gasteiger partial charge is 0.379 e. The molecule has 19 heavy (non-hydrogen) atoms. The van der Waals surface area contributed by atoms with E-state index in [4.69, 9.17) is 0 Å².